The van der Waals surface area contributed by atoms with Crippen molar-refractivity contribution in [2.45, 2.75) is 0 Å². The molecule has 0 aliphatic carbocycles. The first kappa shape index (κ1) is 17.3. The molecule has 0 aromatic heterocycles. The van der Waals surface area contributed by atoms with Crippen molar-refractivity contribution in [3.63, 3.8) is 0 Å². The first-order valence-electron chi connectivity index (χ1n) is 8.25. The summed E-state index contributed by atoms with van der Waals surface area (Å²) in [5, 5.41) is 3.40. The fourth-order valence-corrected chi connectivity index (χ4v) is 3.12. The summed E-state index contributed by atoms with van der Waals surface area (Å²) in [7, 11) is 0. The SMILES string of the molecule is O=C(NCC(=O)N1CCN(c2ccccc2Cl)CC1)c1ccccc1. The highest BCUT2D eigenvalue weighted by Gasteiger charge is 2.22. The molecule has 1 saturated heterocycles. The summed E-state index contributed by atoms with van der Waals surface area (Å²) in [6, 6.07) is 16.6. The predicted molar refractivity (Wildman–Crippen MR) is 99.0 cm³/mol. The van der Waals surface area contributed by atoms with Crippen molar-refractivity contribution in [2.24, 2.45) is 0 Å². The highest BCUT2D eigenvalue weighted by molar-refractivity contribution is 6.33. The van der Waals surface area contributed by atoms with Crippen LogP contribution < -0.4 is 10.2 Å². The Morgan fingerprint density at radius 2 is 1.56 bits per heavy atom. The number of anilines is 1. The third kappa shape index (κ3) is 4.31. The maximum atomic E-state index is 12.3. The number of hydrogen-bond acceptors (Lipinski definition) is 3. The van der Waals surface area contributed by atoms with Gasteiger partial charge < -0.3 is 15.1 Å². The maximum Gasteiger partial charge on any atom is 0.251 e. The molecular weight excluding hydrogens is 338 g/mol. The van der Waals surface area contributed by atoms with Gasteiger partial charge in [-0.3, -0.25) is 9.59 Å². The van der Waals surface area contributed by atoms with Crippen LogP contribution in [0.15, 0.2) is 54.6 Å². The Labute approximate surface area is 152 Å². The molecule has 25 heavy (non-hydrogen) atoms. The van der Waals surface area contributed by atoms with E-state index in [0.29, 0.717) is 18.7 Å². The number of carbonyl (C=O) groups excluding carboxylic acids is 2. The standard InChI is InChI=1S/C19H20ClN3O2/c20-16-8-4-5-9-17(16)22-10-12-23(13-11-22)18(24)14-21-19(25)15-6-2-1-3-7-15/h1-9H,10-14H2,(H,21,25). The molecule has 1 N–H and O–H groups in total. The molecule has 2 aromatic rings. The van der Waals surface area contributed by atoms with Gasteiger partial charge in [-0.25, -0.2) is 0 Å². The van der Waals surface area contributed by atoms with Crippen LogP contribution in [-0.2, 0) is 4.79 Å². The van der Waals surface area contributed by atoms with E-state index in [9.17, 15) is 9.59 Å². The average Bonchev–Trinajstić information content (AvgIpc) is 2.67. The number of benzene rings is 2. The summed E-state index contributed by atoms with van der Waals surface area (Å²) in [6.45, 7) is 2.69. The quantitative estimate of drug-likeness (QED) is 0.914. The highest BCUT2D eigenvalue weighted by atomic mass is 35.5. The minimum absolute atomic E-state index is 0.0137. The molecular formula is C19H20ClN3O2. The van der Waals surface area contributed by atoms with Crippen molar-refractivity contribution in [3.05, 3.63) is 65.2 Å². The second-order valence-electron chi connectivity index (χ2n) is 5.87. The largest absolute Gasteiger partial charge is 0.367 e. The molecule has 0 bridgehead atoms. The molecule has 130 valence electrons. The third-order valence-electron chi connectivity index (χ3n) is 4.26. The van der Waals surface area contributed by atoms with E-state index in [2.05, 4.69) is 10.2 Å². The third-order valence-corrected chi connectivity index (χ3v) is 4.58. The first-order chi connectivity index (χ1) is 12.1. The number of rotatable bonds is 4. The summed E-state index contributed by atoms with van der Waals surface area (Å²) >= 11 is 6.23. The lowest BCUT2D eigenvalue weighted by Crippen LogP contribution is -2.51. The number of nitrogens with one attached hydrogen (secondary N) is 1. The second kappa shape index (κ2) is 8.03. The van der Waals surface area contributed by atoms with Crippen molar-refractivity contribution in [1.29, 1.82) is 0 Å². The molecule has 0 unspecified atom stereocenters. The predicted octanol–water partition coefficient (Wildman–Crippen LogP) is 2.42. The number of carbonyl (C=O) groups is 2. The molecule has 1 aliphatic heterocycles. The van der Waals surface area contributed by atoms with Crippen molar-refractivity contribution in [1.82, 2.24) is 10.2 Å². The zero-order chi connectivity index (χ0) is 17.6. The van der Waals surface area contributed by atoms with E-state index in [-0.39, 0.29) is 18.4 Å². The van der Waals surface area contributed by atoms with E-state index in [4.69, 9.17) is 11.6 Å². The lowest BCUT2D eigenvalue weighted by molar-refractivity contribution is -0.130. The van der Waals surface area contributed by atoms with Crippen LogP contribution in [0.2, 0.25) is 5.02 Å². The first-order valence-corrected chi connectivity index (χ1v) is 8.63. The van der Waals surface area contributed by atoms with E-state index < -0.39 is 0 Å². The molecule has 6 heteroatoms. The molecule has 1 heterocycles. The topological polar surface area (TPSA) is 52.7 Å². The second-order valence-corrected chi connectivity index (χ2v) is 6.28. The van der Waals surface area contributed by atoms with Gasteiger partial charge >= 0.3 is 0 Å². The summed E-state index contributed by atoms with van der Waals surface area (Å²) in [5.41, 5.74) is 1.55. The minimum Gasteiger partial charge on any atom is -0.367 e. The Hall–Kier alpha value is -2.53. The van der Waals surface area contributed by atoms with E-state index in [1.807, 2.05) is 30.3 Å². The van der Waals surface area contributed by atoms with Gasteiger partial charge in [0.05, 0.1) is 17.3 Å². The Kier molecular flexibility index (Phi) is 5.56. The number of hydrogen-bond donors (Lipinski definition) is 1. The fraction of sp³-hybridized carbons (Fsp3) is 0.263. The summed E-state index contributed by atoms with van der Waals surface area (Å²) in [5.74, 6) is -0.299. The Morgan fingerprint density at radius 3 is 2.24 bits per heavy atom. The molecule has 1 fully saturated rings. The smallest absolute Gasteiger partial charge is 0.251 e. The van der Waals surface area contributed by atoms with Gasteiger partial charge in [-0.2, -0.15) is 0 Å². The maximum absolute atomic E-state index is 12.3. The molecule has 2 amide bonds. The van der Waals surface area contributed by atoms with Crippen LogP contribution in [-0.4, -0.2) is 49.4 Å². The molecule has 0 spiro atoms. The summed E-state index contributed by atoms with van der Waals surface area (Å²) in [6.07, 6.45) is 0. The van der Waals surface area contributed by atoms with Crippen LogP contribution in [0.4, 0.5) is 5.69 Å². The van der Waals surface area contributed by atoms with E-state index in [0.717, 1.165) is 23.8 Å². The molecule has 2 aromatic carbocycles. The van der Waals surface area contributed by atoms with Crippen LogP contribution in [0.5, 0.6) is 0 Å². The molecule has 0 radical (unpaired) electrons. The van der Waals surface area contributed by atoms with Gasteiger partial charge in [0.2, 0.25) is 5.91 Å². The van der Waals surface area contributed by atoms with Crippen LogP contribution in [0.25, 0.3) is 0 Å². The number of nitrogens with zero attached hydrogens (tertiary/aromatic N) is 2. The van der Waals surface area contributed by atoms with Crippen molar-refractivity contribution < 1.29 is 9.59 Å². The molecule has 5 nitrogen and oxygen atoms in total. The lowest BCUT2D eigenvalue weighted by atomic mass is 10.2. The van der Waals surface area contributed by atoms with Gasteiger partial charge in [-0.1, -0.05) is 41.9 Å². The molecule has 3 rings (SSSR count). The van der Waals surface area contributed by atoms with Gasteiger partial charge in [0.1, 0.15) is 0 Å². The van der Waals surface area contributed by atoms with Crippen molar-refractivity contribution >= 4 is 29.1 Å². The van der Waals surface area contributed by atoms with Crippen LogP contribution >= 0.6 is 11.6 Å². The van der Waals surface area contributed by atoms with E-state index in [1.165, 1.54) is 0 Å². The van der Waals surface area contributed by atoms with Crippen molar-refractivity contribution in [2.75, 3.05) is 37.6 Å². The molecule has 1 aliphatic rings. The number of amides is 2. The van der Waals surface area contributed by atoms with E-state index in [1.54, 1.807) is 29.2 Å². The Morgan fingerprint density at radius 1 is 0.920 bits per heavy atom. The highest BCUT2D eigenvalue weighted by Crippen LogP contribution is 2.25. The Balaban J connectivity index is 1.49. The van der Waals surface area contributed by atoms with Gasteiger partial charge in [-0.05, 0) is 24.3 Å². The summed E-state index contributed by atoms with van der Waals surface area (Å²) < 4.78 is 0. The van der Waals surface area contributed by atoms with Gasteiger partial charge in [0, 0.05) is 31.7 Å². The van der Waals surface area contributed by atoms with Gasteiger partial charge in [-0.15, -0.1) is 0 Å². The number of para-hydroxylation sites is 1. The van der Waals surface area contributed by atoms with Crippen LogP contribution in [0.1, 0.15) is 10.4 Å². The number of halogens is 1. The zero-order valence-corrected chi connectivity index (χ0v) is 14.6. The minimum atomic E-state index is -0.233. The monoisotopic (exact) mass is 357 g/mol. The fourth-order valence-electron chi connectivity index (χ4n) is 2.86. The van der Waals surface area contributed by atoms with Gasteiger partial charge in [0.15, 0.2) is 0 Å². The number of piperazine rings is 1. The molecule has 0 atom stereocenters. The molecule has 0 saturated carbocycles. The summed E-state index contributed by atoms with van der Waals surface area (Å²) in [4.78, 5) is 28.3. The van der Waals surface area contributed by atoms with Gasteiger partial charge in [0.25, 0.3) is 5.91 Å². The lowest BCUT2D eigenvalue weighted by Gasteiger charge is -2.36. The van der Waals surface area contributed by atoms with Crippen molar-refractivity contribution in [3.8, 4) is 0 Å². The van der Waals surface area contributed by atoms with Crippen LogP contribution in [0.3, 0.4) is 0 Å². The average molecular weight is 358 g/mol. The zero-order valence-electron chi connectivity index (χ0n) is 13.8. The Bertz CT molecular complexity index is 743. The van der Waals surface area contributed by atoms with E-state index >= 15 is 0 Å². The normalized spacial score (nSPS) is 14.3. The van der Waals surface area contributed by atoms with Crippen LogP contribution in [0, 0.1) is 0 Å².